The molecule has 0 radical (unpaired) electrons. The Labute approximate surface area is 85.7 Å². The fourth-order valence-corrected chi connectivity index (χ4v) is 2.21. The number of nitrogens with one attached hydrogen (secondary N) is 1. The van der Waals surface area contributed by atoms with E-state index in [4.69, 9.17) is 0 Å². The lowest BCUT2D eigenvalue weighted by Gasteiger charge is -2.33. The molecule has 1 aliphatic carbocycles. The van der Waals surface area contributed by atoms with E-state index in [1.165, 1.54) is 24.8 Å². The van der Waals surface area contributed by atoms with Crippen molar-refractivity contribution in [1.82, 2.24) is 10.3 Å². The molecule has 1 saturated carbocycles. The van der Waals surface area contributed by atoms with Gasteiger partial charge in [0.25, 0.3) is 0 Å². The third kappa shape index (κ3) is 1.80. The maximum absolute atomic E-state index is 4.23. The van der Waals surface area contributed by atoms with Gasteiger partial charge in [-0.15, -0.1) is 0 Å². The zero-order valence-electron chi connectivity index (χ0n) is 8.96. The molecule has 2 nitrogen and oxygen atoms in total. The average Bonchev–Trinajstić information content (AvgIpc) is 2.10. The van der Waals surface area contributed by atoms with Crippen LogP contribution in [0.1, 0.15) is 36.6 Å². The molecular weight excluding hydrogens is 172 g/mol. The van der Waals surface area contributed by atoms with Gasteiger partial charge >= 0.3 is 0 Å². The van der Waals surface area contributed by atoms with Gasteiger partial charge in [0, 0.05) is 17.9 Å². The highest BCUT2D eigenvalue weighted by molar-refractivity contribution is 5.20. The molecule has 1 heterocycles. The van der Waals surface area contributed by atoms with Crippen LogP contribution in [0.25, 0.3) is 0 Å². The topological polar surface area (TPSA) is 24.9 Å². The van der Waals surface area contributed by atoms with E-state index in [-0.39, 0.29) is 0 Å². The van der Waals surface area contributed by atoms with Crippen molar-refractivity contribution in [2.24, 2.45) is 5.92 Å². The summed E-state index contributed by atoms with van der Waals surface area (Å²) >= 11 is 0. The molecule has 0 aromatic carbocycles. The molecule has 76 valence electrons. The third-order valence-electron chi connectivity index (χ3n) is 3.21. The van der Waals surface area contributed by atoms with Crippen LogP contribution < -0.4 is 5.32 Å². The molecule has 0 bridgehead atoms. The van der Waals surface area contributed by atoms with Gasteiger partial charge in [-0.1, -0.05) is 6.42 Å². The molecule has 14 heavy (non-hydrogen) atoms. The maximum Gasteiger partial charge on any atom is 0.0375 e. The Morgan fingerprint density at radius 1 is 1.50 bits per heavy atom. The van der Waals surface area contributed by atoms with Gasteiger partial charge in [0.15, 0.2) is 0 Å². The Kier molecular flexibility index (Phi) is 2.82. The number of hydrogen-bond donors (Lipinski definition) is 1. The highest BCUT2D eigenvalue weighted by Gasteiger charge is 2.27. The molecule has 1 aliphatic rings. The predicted octanol–water partition coefficient (Wildman–Crippen LogP) is 2.45. The quantitative estimate of drug-likeness (QED) is 0.792. The van der Waals surface area contributed by atoms with Gasteiger partial charge < -0.3 is 5.32 Å². The molecule has 2 heteroatoms. The maximum atomic E-state index is 4.23. The summed E-state index contributed by atoms with van der Waals surface area (Å²) in [6, 6.07) is 4.86. The van der Waals surface area contributed by atoms with Crippen LogP contribution in [0.2, 0.25) is 0 Å². The highest BCUT2D eigenvalue weighted by atomic mass is 14.9. The standard InChI is InChI=1S/C12H18N2/c1-9-8-11(6-7-14-9)12(13-2)10-4-3-5-10/h6-8,10,12-13H,3-5H2,1-2H3. The Balaban J connectivity index is 2.17. The van der Waals surface area contributed by atoms with E-state index in [0.717, 1.165) is 11.6 Å². The highest BCUT2D eigenvalue weighted by Crippen LogP contribution is 2.37. The summed E-state index contributed by atoms with van der Waals surface area (Å²) in [5.41, 5.74) is 2.51. The lowest BCUT2D eigenvalue weighted by Crippen LogP contribution is -2.29. The van der Waals surface area contributed by atoms with Gasteiger partial charge in [-0.25, -0.2) is 0 Å². The van der Waals surface area contributed by atoms with Crippen molar-refractivity contribution in [1.29, 1.82) is 0 Å². The summed E-state index contributed by atoms with van der Waals surface area (Å²) in [5.74, 6) is 0.835. The number of hydrogen-bond acceptors (Lipinski definition) is 2. The van der Waals surface area contributed by atoms with Crippen molar-refractivity contribution in [2.75, 3.05) is 7.05 Å². The van der Waals surface area contributed by atoms with E-state index >= 15 is 0 Å². The molecule has 0 saturated heterocycles. The molecule has 2 rings (SSSR count). The normalized spacial score (nSPS) is 19.0. The summed E-state index contributed by atoms with van der Waals surface area (Å²) in [6.07, 6.45) is 6.04. The zero-order valence-corrected chi connectivity index (χ0v) is 8.96. The molecule has 1 unspecified atom stereocenters. The third-order valence-corrected chi connectivity index (χ3v) is 3.21. The Hall–Kier alpha value is -0.890. The Morgan fingerprint density at radius 3 is 2.79 bits per heavy atom. The summed E-state index contributed by atoms with van der Waals surface area (Å²) in [7, 11) is 2.05. The number of nitrogens with zero attached hydrogens (tertiary/aromatic N) is 1. The fourth-order valence-electron chi connectivity index (χ4n) is 2.21. The molecule has 0 amide bonds. The first-order valence-electron chi connectivity index (χ1n) is 5.41. The van der Waals surface area contributed by atoms with E-state index in [9.17, 15) is 0 Å². The second-order valence-corrected chi connectivity index (χ2v) is 4.19. The minimum Gasteiger partial charge on any atom is -0.313 e. The van der Waals surface area contributed by atoms with Crippen molar-refractivity contribution in [2.45, 2.75) is 32.2 Å². The van der Waals surface area contributed by atoms with Crippen LogP contribution in [0.15, 0.2) is 18.3 Å². The minimum atomic E-state index is 0.533. The zero-order chi connectivity index (χ0) is 9.97. The monoisotopic (exact) mass is 190 g/mol. The van der Waals surface area contributed by atoms with Crippen molar-refractivity contribution in [3.05, 3.63) is 29.6 Å². The largest absolute Gasteiger partial charge is 0.313 e. The smallest absolute Gasteiger partial charge is 0.0375 e. The summed E-state index contributed by atoms with van der Waals surface area (Å²) in [6.45, 7) is 2.05. The lowest BCUT2D eigenvalue weighted by molar-refractivity contribution is 0.239. The molecule has 1 N–H and O–H groups in total. The number of rotatable bonds is 3. The van der Waals surface area contributed by atoms with Crippen LogP contribution in [0.3, 0.4) is 0 Å². The lowest BCUT2D eigenvalue weighted by atomic mass is 9.77. The van der Waals surface area contributed by atoms with Crippen LogP contribution in [0.5, 0.6) is 0 Å². The first-order valence-corrected chi connectivity index (χ1v) is 5.41. The molecule has 0 spiro atoms. The summed E-state index contributed by atoms with van der Waals surface area (Å²) < 4.78 is 0. The average molecular weight is 190 g/mol. The van der Waals surface area contributed by atoms with E-state index in [1.807, 2.05) is 6.20 Å². The number of aryl methyl sites for hydroxylation is 1. The van der Waals surface area contributed by atoms with Crippen molar-refractivity contribution >= 4 is 0 Å². The molecule has 1 atom stereocenters. The van der Waals surface area contributed by atoms with Crippen molar-refractivity contribution in [3.8, 4) is 0 Å². The van der Waals surface area contributed by atoms with E-state index in [2.05, 4.69) is 36.4 Å². The Morgan fingerprint density at radius 2 is 2.29 bits per heavy atom. The van der Waals surface area contributed by atoms with E-state index in [1.54, 1.807) is 0 Å². The molecular formula is C12H18N2. The number of pyridine rings is 1. The first-order chi connectivity index (χ1) is 6.81. The van der Waals surface area contributed by atoms with Crippen molar-refractivity contribution < 1.29 is 0 Å². The summed E-state index contributed by atoms with van der Waals surface area (Å²) in [4.78, 5) is 4.23. The van der Waals surface area contributed by atoms with Gasteiger partial charge in [0.05, 0.1) is 0 Å². The summed E-state index contributed by atoms with van der Waals surface area (Å²) in [5, 5.41) is 3.42. The van der Waals surface area contributed by atoms with Gasteiger partial charge in [0.2, 0.25) is 0 Å². The van der Waals surface area contributed by atoms with E-state index in [0.29, 0.717) is 6.04 Å². The van der Waals surface area contributed by atoms with Crippen molar-refractivity contribution in [3.63, 3.8) is 0 Å². The second kappa shape index (κ2) is 4.09. The van der Waals surface area contributed by atoms with Crippen LogP contribution in [0, 0.1) is 12.8 Å². The molecule has 1 aromatic heterocycles. The molecule has 1 aromatic rings. The fraction of sp³-hybridized carbons (Fsp3) is 0.583. The van der Waals surface area contributed by atoms with Crippen LogP contribution >= 0.6 is 0 Å². The van der Waals surface area contributed by atoms with Crippen LogP contribution in [-0.2, 0) is 0 Å². The predicted molar refractivity (Wildman–Crippen MR) is 58.1 cm³/mol. The van der Waals surface area contributed by atoms with Gasteiger partial charge in [-0.05, 0) is 50.4 Å². The van der Waals surface area contributed by atoms with Gasteiger partial charge in [-0.3, -0.25) is 4.98 Å². The SMILES string of the molecule is CNC(c1ccnc(C)c1)C1CCC1. The molecule has 0 aliphatic heterocycles. The first kappa shape index (κ1) is 9.66. The Bertz CT molecular complexity index is 305. The van der Waals surface area contributed by atoms with Crippen LogP contribution in [0.4, 0.5) is 0 Å². The minimum absolute atomic E-state index is 0.533. The number of aromatic nitrogens is 1. The van der Waals surface area contributed by atoms with Gasteiger partial charge in [0.1, 0.15) is 0 Å². The van der Waals surface area contributed by atoms with E-state index < -0.39 is 0 Å². The van der Waals surface area contributed by atoms with Crippen LogP contribution in [-0.4, -0.2) is 12.0 Å². The molecule has 1 fully saturated rings. The van der Waals surface area contributed by atoms with Gasteiger partial charge in [-0.2, -0.15) is 0 Å². The second-order valence-electron chi connectivity index (χ2n) is 4.19.